The summed E-state index contributed by atoms with van der Waals surface area (Å²) in [5, 5.41) is 3.08. The molecule has 0 radical (unpaired) electrons. The largest absolute Gasteiger partial charge is 0.492 e. The zero-order valence-electron chi connectivity index (χ0n) is 10.1. The van der Waals surface area contributed by atoms with E-state index in [0.29, 0.717) is 16.8 Å². The van der Waals surface area contributed by atoms with Crippen molar-refractivity contribution in [3.63, 3.8) is 0 Å². The summed E-state index contributed by atoms with van der Waals surface area (Å²) in [6, 6.07) is 5.68. The molecule has 0 aliphatic rings. The second kappa shape index (κ2) is 6.07. The molecule has 96 valence electrons. The van der Waals surface area contributed by atoms with Gasteiger partial charge in [-0.3, -0.25) is 0 Å². The lowest BCUT2D eigenvalue weighted by Crippen LogP contribution is -1.97. The number of nitrogen functional groups attached to an aromatic ring is 1. The normalized spacial score (nSPS) is 10.6. The zero-order valence-corrected chi connectivity index (χ0v) is 11.7. The molecule has 0 spiro atoms. The maximum atomic E-state index is 6.18. The molecule has 0 fully saturated rings. The van der Waals surface area contributed by atoms with E-state index in [4.69, 9.17) is 22.1 Å². The number of nitrogens with zero attached hydrogens (tertiary/aromatic N) is 1. The molecule has 0 saturated heterocycles. The second-order valence-electron chi connectivity index (χ2n) is 3.92. The van der Waals surface area contributed by atoms with Crippen LogP contribution >= 0.6 is 22.9 Å². The number of benzene rings is 1. The number of hydrogen-bond acceptors (Lipinski definition) is 4. The average molecular weight is 283 g/mol. The lowest BCUT2D eigenvalue weighted by molar-refractivity contribution is 0.309. The SMILES string of the molecule is CCCCOc1ccc(-c2csc(N)n2)cc1Cl. The van der Waals surface area contributed by atoms with Crippen molar-refractivity contribution in [1.29, 1.82) is 0 Å². The van der Waals surface area contributed by atoms with Gasteiger partial charge in [-0.1, -0.05) is 24.9 Å². The molecule has 1 aromatic heterocycles. The molecule has 2 aromatic rings. The van der Waals surface area contributed by atoms with E-state index in [2.05, 4.69) is 11.9 Å². The highest BCUT2D eigenvalue weighted by Crippen LogP contribution is 2.31. The maximum Gasteiger partial charge on any atom is 0.180 e. The van der Waals surface area contributed by atoms with Gasteiger partial charge in [-0.2, -0.15) is 0 Å². The Balaban J connectivity index is 2.14. The lowest BCUT2D eigenvalue weighted by atomic mass is 10.2. The highest BCUT2D eigenvalue weighted by molar-refractivity contribution is 7.13. The molecule has 18 heavy (non-hydrogen) atoms. The molecule has 0 unspecified atom stereocenters. The predicted molar refractivity (Wildman–Crippen MR) is 77.4 cm³/mol. The van der Waals surface area contributed by atoms with Gasteiger partial charge in [0.2, 0.25) is 0 Å². The van der Waals surface area contributed by atoms with Crippen molar-refractivity contribution in [2.75, 3.05) is 12.3 Å². The van der Waals surface area contributed by atoms with Crippen molar-refractivity contribution in [2.24, 2.45) is 0 Å². The van der Waals surface area contributed by atoms with Crippen LogP contribution < -0.4 is 10.5 Å². The average Bonchev–Trinajstić information content (AvgIpc) is 2.78. The van der Waals surface area contributed by atoms with Crippen LogP contribution in [0.2, 0.25) is 5.02 Å². The van der Waals surface area contributed by atoms with Crippen LogP contribution in [0.25, 0.3) is 11.3 Å². The van der Waals surface area contributed by atoms with Gasteiger partial charge in [0, 0.05) is 10.9 Å². The number of anilines is 1. The van der Waals surface area contributed by atoms with E-state index in [1.807, 2.05) is 23.6 Å². The molecule has 0 saturated carbocycles. The third kappa shape index (κ3) is 3.15. The fourth-order valence-corrected chi connectivity index (χ4v) is 2.33. The number of hydrogen-bond donors (Lipinski definition) is 1. The maximum absolute atomic E-state index is 6.18. The smallest absolute Gasteiger partial charge is 0.180 e. The zero-order chi connectivity index (χ0) is 13.0. The number of halogens is 1. The topological polar surface area (TPSA) is 48.1 Å². The molecule has 0 bridgehead atoms. The highest BCUT2D eigenvalue weighted by atomic mass is 35.5. The first-order chi connectivity index (χ1) is 8.70. The van der Waals surface area contributed by atoms with Gasteiger partial charge in [0.05, 0.1) is 17.3 Å². The van der Waals surface area contributed by atoms with Gasteiger partial charge in [-0.25, -0.2) is 4.98 Å². The van der Waals surface area contributed by atoms with E-state index in [1.165, 1.54) is 11.3 Å². The van der Waals surface area contributed by atoms with Crippen LogP contribution in [-0.2, 0) is 0 Å². The first kappa shape index (κ1) is 13.2. The first-order valence-electron chi connectivity index (χ1n) is 5.84. The monoisotopic (exact) mass is 282 g/mol. The highest BCUT2D eigenvalue weighted by Gasteiger charge is 2.07. The first-order valence-corrected chi connectivity index (χ1v) is 7.10. The molecular formula is C13H15ClN2OS. The number of unbranched alkanes of at least 4 members (excludes halogenated alkanes) is 1. The number of ether oxygens (including phenoxy) is 1. The summed E-state index contributed by atoms with van der Waals surface area (Å²) in [6.07, 6.45) is 2.13. The summed E-state index contributed by atoms with van der Waals surface area (Å²) in [5.41, 5.74) is 7.42. The van der Waals surface area contributed by atoms with Gasteiger partial charge in [0.15, 0.2) is 5.13 Å². The van der Waals surface area contributed by atoms with E-state index >= 15 is 0 Å². The Morgan fingerprint density at radius 3 is 2.89 bits per heavy atom. The summed E-state index contributed by atoms with van der Waals surface area (Å²) in [5.74, 6) is 0.720. The Labute approximate surface area is 116 Å². The standard InChI is InChI=1S/C13H15ClN2OS/c1-2-3-6-17-12-5-4-9(7-10(12)14)11-8-18-13(15)16-11/h4-5,7-8H,2-3,6H2,1H3,(H2,15,16). The van der Waals surface area contributed by atoms with Crippen molar-refractivity contribution < 1.29 is 4.74 Å². The number of aromatic nitrogens is 1. The van der Waals surface area contributed by atoms with Crippen molar-refractivity contribution in [2.45, 2.75) is 19.8 Å². The summed E-state index contributed by atoms with van der Waals surface area (Å²) >= 11 is 7.60. The summed E-state index contributed by atoms with van der Waals surface area (Å²) in [7, 11) is 0. The van der Waals surface area contributed by atoms with Crippen molar-refractivity contribution in [3.8, 4) is 17.0 Å². The minimum absolute atomic E-state index is 0.560. The second-order valence-corrected chi connectivity index (χ2v) is 5.22. The van der Waals surface area contributed by atoms with E-state index in [9.17, 15) is 0 Å². The molecule has 1 heterocycles. The Kier molecular flexibility index (Phi) is 4.44. The van der Waals surface area contributed by atoms with Crippen LogP contribution in [0.5, 0.6) is 5.75 Å². The fourth-order valence-electron chi connectivity index (χ4n) is 1.52. The summed E-state index contributed by atoms with van der Waals surface area (Å²) in [4.78, 5) is 4.22. The molecule has 0 atom stereocenters. The van der Waals surface area contributed by atoms with Crippen molar-refractivity contribution in [3.05, 3.63) is 28.6 Å². The van der Waals surface area contributed by atoms with Gasteiger partial charge in [-0.15, -0.1) is 11.3 Å². The predicted octanol–water partition coefficient (Wildman–Crippen LogP) is 4.22. The molecule has 2 rings (SSSR count). The molecule has 0 amide bonds. The Morgan fingerprint density at radius 2 is 2.28 bits per heavy atom. The van der Waals surface area contributed by atoms with Crippen LogP contribution in [0.15, 0.2) is 23.6 Å². The van der Waals surface area contributed by atoms with E-state index < -0.39 is 0 Å². The molecule has 0 aliphatic carbocycles. The van der Waals surface area contributed by atoms with E-state index in [1.54, 1.807) is 0 Å². The molecule has 5 heteroatoms. The molecule has 2 N–H and O–H groups in total. The third-order valence-electron chi connectivity index (χ3n) is 2.51. The summed E-state index contributed by atoms with van der Waals surface area (Å²) in [6.45, 7) is 2.82. The Morgan fingerprint density at radius 1 is 1.44 bits per heavy atom. The van der Waals surface area contributed by atoms with Crippen molar-refractivity contribution >= 4 is 28.1 Å². The van der Waals surface area contributed by atoms with Gasteiger partial charge >= 0.3 is 0 Å². The van der Waals surface area contributed by atoms with Gasteiger partial charge in [0.25, 0.3) is 0 Å². The third-order valence-corrected chi connectivity index (χ3v) is 3.47. The Hall–Kier alpha value is -1.26. The number of rotatable bonds is 5. The van der Waals surface area contributed by atoms with Gasteiger partial charge in [0.1, 0.15) is 5.75 Å². The van der Waals surface area contributed by atoms with Crippen molar-refractivity contribution in [1.82, 2.24) is 4.98 Å². The molecule has 0 aliphatic heterocycles. The van der Waals surface area contributed by atoms with E-state index in [0.717, 1.165) is 29.8 Å². The molecule has 3 nitrogen and oxygen atoms in total. The van der Waals surface area contributed by atoms with Gasteiger partial charge in [-0.05, 0) is 24.6 Å². The number of thiazole rings is 1. The fraction of sp³-hybridized carbons (Fsp3) is 0.308. The minimum atomic E-state index is 0.560. The Bertz CT molecular complexity index is 527. The van der Waals surface area contributed by atoms with Crippen LogP contribution in [0, 0.1) is 0 Å². The van der Waals surface area contributed by atoms with Gasteiger partial charge < -0.3 is 10.5 Å². The number of nitrogens with two attached hydrogens (primary N) is 1. The molecular weight excluding hydrogens is 268 g/mol. The summed E-state index contributed by atoms with van der Waals surface area (Å²) < 4.78 is 5.60. The quantitative estimate of drug-likeness (QED) is 0.835. The van der Waals surface area contributed by atoms with Crippen LogP contribution in [0.4, 0.5) is 5.13 Å². The van der Waals surface area contributed by atoms with E-state index in [-0.39, 0.29) is 0 Å². The van der Waals surface area contributed by atoms with Crippen LogP contribution in [0.1, 0.15) is 19.8 Å². The van der Waals surface area contributed by atoms with Crippen LogP contribution in [-0.4, -0.2) is 11.6 Å². The van der Waals surface area contributed by atoms with Crippen LogP contribution in [0.3, 0.4) is 0 Å². The lowest BCUT2D eigenvalue weighted by Gasteiger charge is -2.08. The molecule has 1 aromatic carbocycles. The minimum Gasteiger partial charge on any atom is -0.492 e.